The summed E-state index contributed by atoms with van der Waals surface area (Å²) >= 11 is 6.12. The lowest BCUT2D eigenvalue weighted by molar-refractivity contribution is 0.604. The maximum atomic E-state index is 13.4. The van der Waals surface area contributed by atoms with E-state index in [-0.39, 0.29) is 11.9 Å². The van der Waals surface area contributed by atoms with E-state index in [1.54, 1.807) is 0 Å². The summed E-state index contributed by atoms with van der Waals surface area (Å²) < 4.78 is 13.4. The Bertz CT molecular complexity index is 581. The average Bonchev–Trinajstić information content (AvgIpc) is 2.33. The number of halogens is 2. The number of hydrazine groups is 1. The van der Waals surface area contributed by atoms with Crippen LogP contribution in [0.3, 0.4) is 0 Å². The van der Waals surface area contributed by atoms with Gasteiger partial charge in [0.1, 0.15) is 5.82 Å². The zero-order valence-electron chi connectivity index (χ0n) is 10.7. The van der Waals surface area contributed by atoms with E-state index in [1.165, 1.54) is 18.2 Å². The molecule has 1 atom stereocenters. The Labute approximate surface area is 116 Å². The number of aromatic nitrogens is 1. The molecule has 0 amide bonds. The number of aryl methyl sites for hydroxylation is 2. The van der Waals surface area contributed by atoms with Crippen molar-refractivity contribution in [2.24, 2.45) is 5.84 Å². The molecule has 1 aromatic carbocycles. The second-order valence-electron chi connectivity index (χ2n) is 4.45. The van der Waals surface area contributed by atoms with Gasteiger partial charge in [-0.2, -0.15) is 0 Å². The monoisotopic (exact) mass is 279 g/mol. The van der Waals surface area contributed by atoms with Gasteiger partial charge in [-0.25, -0.2) is 9.82 Å². The number of nitrogens with two attached hydrogens (primary N) is 1. The molecule has 3 nitrogen and oxygen atoms in total. The first kappa shape index (κ1) is 13.9. The van der Waals surface area contributed by atoms with E-state index in [2.05, 4.69) is 10.4 Å². The molecule has 0 aliphatic heterocycles. The van der Waals surface area contributed by atoms with E-state index in [0.717, 1.165) is 17.0 Å². The quantitative estimate of drug-likeness (QED) is 0.671. The summed E-state index contributed by atoms with van der Waals surface area (Å²) in [5.74, 6) is 5.26. The molecule has 0 saturated heterocycles. The topological polar surface area (TPSA) is 50.9 Å². The zero-order valence-corrected chi connectivity index (χ0v) is 11.5. The van der Waals surface area contributed by atoms with E-state index in [0.29, 0.717) is 10.6 Å². The Morgan fingerprint density at radius 3 is 2.42 bits per heavy atom. The molecule has 1 aromatic heterocycles. The minimum Gasteiger partial charge on any atom is -0.271 e. The first-order valence-electron chi connectivity index (χ1n) is 5.87. The fraction of sp³-hybridized carbons (Fsp3) is 0.214. The molecule has 5 heteroatoms. The highest BCUT2D eigenvalue weighted by molar-refractivity contribution is 6.31. The van der Waals surface area contributed by atoms with Crippen molar-refractivity contribution in [1.82, 2.24) is 10.4 Å². The molecule has 2 aromatic rings. The van der Waals surface area contributed by atoms with Crippen molar-refractivity contribution in [2.75, 3.05) is 0 Å². The van der Waals surface area contributed by atoms with Gasteiger partial charge >= 0.3 is 0 Å². The van der Waals surface area contributed by atoms with Crippen molar-refractivity contribution in [3.63, 3.8) is 0 Å². The summed E-state index contributed by atoms with van der Waals surface area (Å²) in [5, 5.41) is 0.469. The van der Waals surface area contributed by atoms with Gasteiger partial charge in [-0.15, -0.1) is 0 Å². The molecule has 0 fully saturated rings. The number of hydrogen-bond donors (Lipinski definition) is 2. The van der Waals surface area contributed by atoms with Crippen LogP contribution in [0.5, 0.6) is 0 Å². The minimum absolute atomic E-state index is 0.345. The Balaban J connectivity index is 2.52. The largest absolute Gasteiger partial charge is 0.271 e. The van der Waals surface area contributed by atoms with E-state index in [1.807, 2.05) is 26.0 Å². The van der Waals surface area contributed by atoms with Crippen LogP contribution in [0, 0.1) is 19.7 Å². The summed E-state index contributed by atoms with van der Waals surface area (Å²) in [6.07, 6.45) is 0. The maximum absolute atomic E-state index is 13.4. The van der Waals surface area contributed by atoms with Crippen molar-refractivity contribution >= 4 is 11.6 Å². The van der Waals surface area contributed by atoms with Crippen LogP contribution in [0.2, 0.25) is 5.02 Å². The number of rotatable bonds is 3. The highest BCUT2D eigenvalue weighted by Gasteiger charge is 2.17. The number of hydrogen-bond acceptors (Lipinski definition) is 3. The molecule has 0 radical (unpaired) electrons. The van der Waals surface area contributed by atoms with E-state index >= 15 is 0 Å². The molecule has 0 bridgehead atoms. The summed E-state index contributed by atoms with van der Waals surface area (Å²) in [7, 11) is 0. The van der Waals surface area contributed by atoms with Crippen LogP contribution < -0.4 is 11.3 Å². The SMILES string of the molecule is Cc1cc(C(NN)c2cc(F)ccc2Cl)cc(C)n1. The summed E-state index contributed by atoms with van der Waals surface area (Å²) in [6.45, 7) is 3.80. The number of nitrogens with zero attached hydrogens (tertiary/aromatic N) is 1. The second-order valence-corrected chi connectivity index (χ2v) is 4.86. The van der Waals surface area contributed by atoms with Gasteiger partial charge in [0.05, 0.1) is 6.04 Å². The molecular weight excluding hydrogens is 265 g/mol. The van der Waals surface area contributed by atoms with Crippen LogP contribution in [0.1, 0.15) is 28.6 Å². The smallest absolute Gasteiger partial charge is 0.123 e. The summed E-state index contributed by atoms with van der Waals surface area (Å²) in [5.41, 5.74) is 5.94. The third-order valence-electron chi connectivity index (χ3n) is 2.87. The van der Waals surface area contributed by atoms with E-state index in [4.69, 9.17) is 17.4 Å². The van der Waals surface area contributed by atoms with Gasteiger partial charge in [0.15, 0.2) is 0 Å². The lowest BCUT2D eigenvalue weighted by Gasteiger charge is -2.19. The van der Waals surface area contributed by atoms with Gasteiger partial charge in [-0.3, -0.25) is 10.8 Å². The minimum atomic E-state index is -0.372. The van der Waals surface area contributed by atoms with Crippen LogP contribution in [0.4, 0.5) is 4.39 Å². The molecule has 0 saturated carbocycles. The molecule has 0 aliphatic rings. The van der Waals surface area contributed by atoms with Crippen LogP contribution in [-0.2, 0) is 0 Å². The standard InChI is InChI=1S/C14H15ClFN3/c1-8-5-10(6-9(2)18-8)14(19-17)12-7-11(16)3-4-13(12)15/h3-7,14,19H,17H2,1-2H3. The first-order valence-corrected chi connectivity index (χ1v) is 6.25. The Morgan fingerprint density at radius 2 is 1.84 bits per heavy atom. The second kappa shape index (κ2) is 5.65. The number of pyridine rings is 1. The van der Waals surface area contributed by atoms with Crippen molar-refractivity contribution in [2.45, 2.75) is 19.9 Å². The molecular formula is C14H15ClFN3. The van der Waals surface area contributed by atoms with Gasteiger partial charge in [0.25, 0.3) is 0 Å². The van der Waals surface area contributed by atoms with Crippen LogP contribution in [0.25, 0.3) is 0 Å². The number of benzene rings is 1. The summed E-state index contributed by atoms with van der Waals surface area (Å²) in [6, 6.07) is 7.67. The lowest BCUT2D eigenvalue weighted by atomic mass is 9.98. The van der Waals surface area contributed by atoms with Crippen LogP contribution in [-0.4, -0.2) is 4.98 Å². The molecule has 1 heterocycles. The average molecular weight is 280 g/mol. The van der Waals surface area contributed by atoms with Crippen molar-refractivity contribution in [3.05, 3.63) is 63.7 Å². The zero-order chi connectivity index (χ0) is 14.0. The van der Waals surface area contributed by atoms with E-state index < -0.39 is 0 Å². The molecule has 2 rings (SSSR count). The Kier molecular flexibility index (Phi) is 4.14. The Morgan fingerprint density at radius 1 is 1.21 bits per heavy atom. The predicted octanol–water partition coefficient (Wildman–Crippen LogP) is 3.04. The van der Waals surface area contributed by atoms with E-state index in [9.17, 15) is 4.39 Å². The first-order chi connectivity index (χ1) is 9.01. The molecule has 1 unspecified atom stereocenters. The Hall–Kier alpha value is -1.49. The van der Waals surface area contributed by atoms with Crippen molar-refractivity contribution in [3.8, 4) is 0 Å². The van der Waals surface area contributed by atoms with Gasteiger partial charge in [0.2, 0.25) is 0 Å². The summed E-state index contributed by atoms with van der Waals surface area (Å²) in [4.78, 5) is 4.31. The fourth-order valence-electron chi connectivity index (χ4n) is 2.13. The van der Waals surface area contributed by atoms with Crippen LogP contribution >= 0.6 is 11.6 Å². The van der Waals surface area contributed by atoms with Gasteiger partial charge in [-0.1, -0.05) is 11.6 Å². The van der Waals surface area contributed by atoms with Crippen molar-refractivity contribution < 1.29 is 4.39 Å². The lowest BCUT2D eigenvalue weighted by Crippen LogP contribution is -2.29. The molecule has 0 aliphatic carbocycles. The maximum Gasteiger partial charge on any atom is 0.123 e. The highest BCUT2D eigenvalue weighted by atomic mass is 35.5. The van der Waals surface area contributed by atoms with Gasteiger partial charge in [-0.05, 0) is 55.3 Å². The number of nitrogens with one attached hydrogen (secondary N) is 1. The molecule has 0 spiro atoms. The molecule has 3 N–H and O–H groups in total. The van der Waals surface area contributed by atoms with Crippen molar-refractivity contribution in [1.29, 1.82) is 0 Å². The van der Waals surface area contributed by atoms with Gasteiger partial charge in [0, 0.05) is 16.4 Å². The fourth-order valence-corrected chi connectivity index (χ4v) is 2.36. The third-order valence-corrected chi connectivity index (χ3v) is 3.22. The highest BCUT2D eigenvalue weighted by Crippen LogP contribution is 2.29. The molecule has 100 valence electrons. The van der Waals surface area contributed by atoms with Gasteiger partial charge < -0.3 is 0 Å². The third kappa shape index (κ3) is 3.10. The normalized spacial score (nSPS) is 12.5. The molecule has 19 heavy (non-hydrogen) atoms. The van der Waals surface area contributed by atoms with Crippen LogP contribution in [0.15, 0.2) is 30.3 Å². The predicted molar refractivity (Wildman–Crippen MR) is 74.3 cm³/mol.